The van der Waals surface area contributed by atoms with Crippen LogP contribution >= 0.6 is 0 Å². The van der Waals surface area contributed by atoms with Gasteiger partial charge in [0.25, 0.3) is 0 Å². The van der Waals surface area contributed by atoms with Crippen molar-refractivity contribution in [1.29, 1.82) is 5.41 Å². The molecule has 0 atom stereocenters. The average Bonchev–Trinajstić information content (AvgIpc) is 2.30. The van der Waals surface area contributed by atoms with Gasteiger partial charge in [-0.3, -0.25) is 5.41 Å². The number of nitrogens with one attached hydrogen (secondary N) is 1. The zero-order valence-corrected chi connectivity index (χ0v) is 8.99. The molecule has 0 unspecified atom stereocenters. The van der Waals surface area contributed by atoms with E-state index in [-0.39, 0.29) is 17.6 Å². The predicted molar refractivity (Wildman–Crippen MR) is 61.0 cm³/mol. The highest BCUT2D eigenvalue weighted by molar-refractivity contribution is 5.79. The normalized spacial score (nSPS) is 17.4. The number of rotatable bonds is 2. The van der Waals surface area contributed by atoms with Gasteiger partial charge in [0.2, 0.25) is 0 Å². The maximum absolute atomic E-state index is 12.7. The number of amidine groups is 1. The van der Waals surface area contributed by atoms with Crippen molar-refractivity contribution in [2.24, 2.45) is 11.7 Å². The monoisotopic (exact) mass is 222 g/mol. The summed E-state index contributed by atoms with van der Waals surface area (Å²) in [4.78, 5) is 6.13. The van der Waals surface area contributed by atoms with Gasteiger partial charge in [0.1, 0.15) is 11.6 Å². The van der Waals surface area contributed by atoms with Crippen molar-refractivity contribution in [3.63, 3.8) is 0 Å². The summed E-state index contributed by atoms with van der Waals surface area (Å²) in [6.45, 7) is 1.64. The molecule has 0 spiro atoms. The van der Waals surface area contributed by atoms with Crippen molar-refractivity contribution >= 4 is 11.7 Å². The van der Waals surface area contributed by atoms with Crippen LogP contribution in [0.3, 0.4) is 0 Å². The molecule has 1 aromatic rings. The molecule has 0 aromatic carbocycles. The third kappa shape index (κ3) is 2.29. The van der Waals surface area contributed by atoms with Crippen molar-refractivity contribution in [3.05, 3.63) is 24.1 Å². The summed E-state index contributed by atoms with van der Waals surface area (Å²) in [7, 11) is 0. The molecule has 3 N–H and O–H groups in total. The number of pyridine rings is 1. The maximum Gasteiger partial charge on any atom is 0.141 e. The van der Waals surface area contributed by atoms with Crippen LogP contribution in [-0.2, 0) is 0 Å². The molecule has 1 fully saturated rings. The molecule has 1 aromatic heterocycles. The van der Waals surface area contributed by atoms with Gasteiger partial charge in [-0.1, -0.05) is 0 Å². The lowest BCUT2D eigenvalue weighted by Crippen LogP contribution is -2.38. The van der Waals surface area contributed by atoms with Gasteiger partial charge >= 0.3 is 0 Å². The fourth-order valence-electron chi connectivity index (χ4n) is 1.97. The van der Waals surface area contributed by atoms with E-state index in [0.29, 0.717) is 0 Å². The van der Waals surface area contributed by atoms with E-state index in [4.69, 9.17) is 11.1 Å². The smallest absolute Gasteiger partial charge is 0.141 e. The van der Waals surface area contributed by atoms with Crippen LogP contribution in [0.2, 0.25) is 0 Å². The minimum Gasteiger partial charge on any atom is -0.387 e. The van der Waals surface area contributed by atoms with Gasteiger partial charge in [-0.15, -0.1) is 0 Å². The number of hydrogen-bond donors (Lipinski definition) is 2. The van der Waals surface area contributed by atoms with E-state index in [1.54, 1.807) is 6.07 Å². The van der Waals surface area contributed by atoms with Crippen molar-refractivity contribution in [2.45, 2.75) is 12.8 Å². The molecule has 1 saturated heterocycles. The minimum atomic E-state index is -0.317. The number of anilines is 1. The highest BCUT2D eigenvalue weighted by atomic mass is 19.1. The number of nitrogens with two attached hydrogens (primary N) is 1. The molecule has 4 nitrogen and oxygen atoms in total. The third-order valence-corrected chi connectivity index (χ3v) is 2.97. The van der Waals surface area contributed by atoms with E-state index in [1.807, 2.05) is 0 Å². The number of hydrogen-bond acceptors (Lipinski definition) is 3. The molecule has 0 saturated carbocycles. The van der Waals surface area contributed by atoms with Crippen molar-refractivity contribution in [3.8, 4) is 0 Å². The van der Waals surface area contributed by atoms with Crippen LogP contribution in [0.1, 0.15) is 12.8 Å². The first-order valence-corrected chi connectivity index (χ1v) is 5.37. The number of piperidine rings is 1. The second kappa shape index (κ2) is 4.47. The number of nitrogens with zero attached hydrogens (tertiary/aromatic N) is 2. The fourth-order valence-corrected chi connectivity index (χ4v) is 1.97. The van der Waals surface area contributed by atoms with E-state index in [1.165, 1.54) is 12.3 Å². The quantitative estimate of drug-likeness (QED) is 0.586. The van der Waals surface area contributed by atoms with Crippen LogP contribution in [0, 0.1) is 17.1 Å². The fraction of sp³-hybridized carbons (Fsp3) is 0.455. The Morgan fingerprint density at radius 2 is 2.12 bits per heavy atom. The van der Waals surface area contributed by atoms with Crippen LogP contribution in [0.15, 0.2) is 18.3 Å². The standard InChI is InChI=1S/C11H15FN4/c12-9-1-2-10(15-7-9)16-5-3-8(4-6-16)11(13)14/h1-2,7-8H,3-6H2,(H3,13,14). The SMILES string of the molecule is N=C(N)C1CCN(c2ccc(F)cn2)CC1. The largest absolute Gasteiger partial charge is 0.387 e. The number of aromatic nitrogens is 1. The van der Waals surface area contributed by atoms with Gasteiger partial charge in [0, 0.05) is 19.0 Å². The molecule has 5 heteroatoms. The zero-order chi connectivity index (χ0) is 11.5. The minimum absolute atomic E-state index is 0.191. The van der Waals surface area contributed by atoms with E-state index >= 15 is 0 Å². The molecule has 86 valence electrons. The summed E-state index contributed by atoms with van der Waals surface area (Å²) < 4.78 is 12.7. The molecule has 2 rings (SSSR count). The maximum atomic E-state index is 12.7. The Morgan fingerprint density at radius 3 is 2.62 bits per heavy atom. The molecule has 0 bridgehead atoms. The van der Waals surface area contributed by atoms with E-state index in [0.717, 1.165) is 31.7 Å². The summed E-state index contributed by atoms with van der Waals surface area (Å²) in [6.07, 6.45) is 2.97. The Hall–Kier alpha value is -1.65. The van der Waals surface area contributed by atoms with Gasteiger partial charge in [-0.2, -0.15) is 0 Å². The summed E-state index contributed by atoms with van der Waals surface area (Å²) in [5.74, 6) is 0.939. The van der Waals surface area contributed by atoms with Gasteiger partial charge in [-0.25, -0.2) is 9.37 Å². The first-order chi connectivity index (χ1) is 7.66. The highest BCUT2D eigenvalue weighted by Gasteiger charge is 2.21. The average molecular weight is 222 g/mol. The van der Waals surface area contributed by atoms with Crippen molar-refractivity contribution in [2.75, 3.05) is 18.0 Å². The molecule has 0 aliphatic carbocycles. The summed E-state index contributed by atoms with van der Waals surface area (Å²) in [5.41, 5.74) is 5.47. The lowest BCUT2D eigenvalue weighted by atomic mass is 9.96. The van der Waals surface area contributed by atoms with E-state index < -0.39 is 0 Å². The third-order valence-electron chi connectivity index (χ3n) is 2.97. The first kappa shape index (κ1) is 10.9. The second-order valence-electron chi connectivity index (χ2n) is 4.05. The van der Waals surface area contributed by atoms with Crippen molar-refractivity contribution in [1.82, 2.24) is 4.98 Å². The summed E-state index contributed by atoms with van der Waals surface area (Å²) in [5, 5.41) is 7.38. The predicted octanol–water partition coefficient (Wildman–Crippen LogP) is 1.37. The summed E-state index contributed by atoms with van der Waals surface area (Å²) >= 11 is 0. The Morgan fingerprint density at radius 1 is 1.44 bits per heavy atom. The van der Waals surface area contributed by atoms with Crippen LogP contribution in [-0.4, -0.2) is 23.9 Å². The van der Waals surface area contributed by atoms with Gasteiger partial charge in [0.15, 0.2) is 0 Å². The zero-order valence-electron chi connectivity index (χ0n) is 8.99. The van der Waals surface area contributed by atoms with Crippen LogP contribution < -0.4 is 10.6 Å². The molecule has 16 heavy (non-hydrogen) atoms. The molecule has 1 aliphatic heterocycles. The second-order valence-corrected chi connectivity index (χ2v) is 4.05. The van der Waals surface area contributed by atoms with Gasteiger partial charge in [-0.05, 0) is 25.0 Å². The molecule has 1 aliphatic rings. The molecule has 0 radical (unpaired) electrons. The lowest BCUT2D eigenvalue weighted by Gasteiger charge is -2.32. The highest BCUT2D eigenvalue weighted by Crippen LogP contribution is 2.21. The Bertz CT molecular complexity index is 368. The molecular formula is C11H15FN4. The van der Waals surface area contributed by atoms with Crippen LogP contribution in [0.25, 0.3) is 0 Å². The Kier molecular flexibility index (Phi) is 3.03. The van der Waals surface area contributed by atoms with E-state index in [2.05, 4.69) is 9.88 Å². The van der Waals surface area contributed by atoms with Crippen LogP contribution in [0.5, 0.6) is 0 Å². The molecular weight excluding hydrogens is 207 g/mol. The van der Waals surface area contributed by atoms with Gasteiger partial charge < -0.3 is 10.6 Å². The van der Waals surface area contributed by atoms with E-state index in [9.17, 15) is 4.39 Å². The topological polar surface area (TPSA) is 66.0 Å². The van der Waals surface area contributed by atoms with Crippen LogP contribution in [0.4, 0.5) is 10.2 Å². The Labute approximate surface area is 93.8 Å². The Balaban J connectivity index is 1.99. The number of halogens is 1. The lowest BCUT2D eigenvalue weighted by molar-refractivity contribution is 0.494. The first-order valence-electron chi connectivity index (χ1n) is 5.37. The van der Waals surface area contributed by atoms with Crippen molar-refractivity contribution < 1.29 is 4.39 Å². The molecule has 0 amide bonds. The molecule has 2 heterocycles. The van der Waals surface area contributed by atoms with Gasteiger partial charge in [0.05, 0.1) is 12.0 Å². The summed E-state index contributed by atoms with van der Waals surface area (Å²) in [6, 6.07) is 3.10.